The highest BCUT2D eigenvalue weighted by atomic mass is 79.9. The van der Waals surface area contributed by atoms with Crippen molar-refractivity contribution in [2.75, 3.05) is 0 Å². The number of hydrogen-bond donors (Lipinski definition) is 1. The lowest BCUT2D eigenvalue weighted by molar-refractivity contribution is 0.199. The zero-order chi connectivity index (χ0) is 13.3. The molecule has 0 spiro atoms. The standard InChI is InChI=1S/C13H16BrN3O/c1-8(2)17-12(10(14)7-16-17)13(18)11-5-4-9(3)6-15-11/h4-8,13,18H,1-3H3. The number of aryl methyl sites for hydroxylation is 1. The molecule has 0 amide bonds. The van der Waals surface area contributed by atoms with E-state index in [0.717, 1.165) is 15.7 Å². The minimum absolute atomic E-state index is 0.186. The summed E-state index contributed by atoms with van der Waals surface area (Å²) in [5.74, 6) is 0. The number of halogens is 1. The minimum atomic E-state index is -0.773. The number of pyridine rings is 1. The third-order valence-corrected chi connectivity index (χ3v) is 3.36. The molecule has 1 N–H and O–H groups in total. The van der Waals surface area contributed by atoms with Crippen molar-refractivity contribution >= 4 is 15.9 Å². The van der Waals surface area contributed by atoms with E-state index in [4.69, 9.17) is 0 Å². The highest BCUT2D eigenvalue weighted by Gasteiger charge is 2.21. The summed E-state index contributed by atoms with van der Waals surface area (Å²) in [6.07, 6.45) is 2.68. The summed E-state index contributed by atoms with van der Waals surface area (Å²) in [4.78, 5) is 4.26. The number of aromatic nitrogens is 3. The van der Waals surface area contributed by atoms with Crippen molar-refractivity contribution in [3.63, 3.8) is 0 Å². The van der Waals surface area contributed by atoms with Crippen molar-refractivity contribution in [3.8, 4) is 0 Å². The molecule has 0 radical (unpaired) electrons. The summed E-state index contributed by atoms with van der Waals surface area (Å²) in [5, 5.41) is 14.7. The van der Waals surface area contributed by atoms with Gasteiger partial charge in [0.25, 0.3) is 0 Å². The molecule has 0 bridgehead atoms. The van der Waals surface area contributed by atoms with Gasteiger partial charge in [-0.15, -0.1) is 0 Å². The van der Waals surface area contributed by atoms with Crippen LogP contribution in [0.3, 0.4) is 0 Å². The SMILES string of the molecule is Cc1ccc(C(O)c2c(Br)cnn2C(C)C)nc1. The van der Waals surface area contributed by atoms with E-state index >= 15 is 0 Å². The van der Waals surface area contributed by atoms with E-state index < -0.39 is 6.10 Å². The van der Waals surface area contributed by atoms with E-state index in [2.05, 4.69) is 26.0 Å². The Hall–Kier alpha value is -1.20. The third kappa shape index (κ3) is 2.47. The van der Waals surface area contributed by atoms with Crippen LogP contribution in [0.2, 0.25) is 0 Å². The molecule has 0 aliphatic carbocycles. The largest absolute Gasteiger partial charge is 0.380 e. The number of nitrogens with zero attached hydrogens (tertiary/aromatic N) is 3. The van der Waals surface area contributed by atoms with Gasteiger partial charge in [-0.3, -0.25) is 9.67 Å². The topological polar surface area (TPSA) is 50.9 Å². The molecule has 0 saturated heterocycles. The molecule has 0 saturated carbocycles. The summed E-state index contributed by atoms with van der Waals surface area (Å²) in [6.45, 7) is 6.02. The second-order valence-electron chi connectivity index (χ2n) is 4.58. The number of rotatable bonds is 3. The van der Waals surface area contributed by atoms with Crippen LogP contribution in [0.25, 0.3) is 0 Å². The quantitative estimate of drug-likeness (QED) is 0.948. The predicted molar refractivity (Wildman–Crippen MR) is 73.3 cm³/mol. The summed E-state index contributed by atoms with van der Waals surface area (Å²) in [6, 6.07) is 3.96. The van der Waals surface area contributed by atoms with Crippen molar-refractivity contribution in [3.05, 3.63) is 46.0 Å². The lowest BCUT2D eigenvalue weighted by atomic mass is 10.1. The van der Waals surface area contributed by atoms with Gasteiger partial charge >= 0.3 is 0 Å². The van der Waals surface area contributed by atoms with Gasteiger partial charge in [-0.05, 0) is 48.3 Å². The predicted octanol–water partition coefficient (Wildman–Crippen LogP) is 3.01. The first-order valence-electron chi connectivity index (χ1n) is 5.84. The molecule has 1 atom stereocenters. The van der Waals surface area contributed by atoms with E-state index in [9.17, 15) is 5.11 Å². The van der Waals surface area contributed by atoms with Gasteiger partial charge in [0.15, 0.2) is 0 Å². The van der Waals surface area contributed by atoms with Crippen LogP contribution in [0.5, 0.6) is 0 Å². The highest BCUT2D eigenvalue weighted by molar-refractivity contribution is 9.10. The van der Waals surface area contributed by atoms with Crippen LogP contribution in [-0.4, -0.2) is 19.9 Å². The second kappa shape index (κ2) is 5.20. The minimum Gasteiger partial charge on any atom is -0.380 e. The van der Waals surface area contributed by atoms with Gasteiger partial charge in [0.05, 0.1) is 22.1 Å². The van der Waals surface area contributed by atoms with Crippen molar-refractivity contribution in [2.45, 2.75) is 32.9 Å². The molecule has 5 heteroatoms. The van der Waals surface area contributed by atoms with Gasteiger partial charge < -0.3 is 5.11 Å². The first kappa shape index (κ1) is 13.2. The Balaban J connectivity index is 2.42. The first-order valence-corrected chi connectivity index (χ1v) is 6.63. The van der Waals surface area contributed by atoms with Gasteiger partial charge in [0.1, 0.15) is 6.10 Å². The molecular formula is C13H16BrN3O. The van der Waals surface area contributed by atoms with Crippen LogP contribution in [0.1, 0.15) is 42.9 Å². The van der Waals surface area contributed by atoms with Crippen LogP contribution < -0.4 is 0 Å². The Bertz CT molecular complexity index is 534. The normalized spacial score (nSPS) is 13.0. The summed E-state index contributed by atoms with van der Waals surface area (Å²) >= 11 is 3.43. The fourth-order valence-electron chi connectivity index (χ4n) is 1.80. The number of aliphatic hydroxyl groups is 1. The van der Waals surface area contributed by atoms with E-state index in [1.165, 1.54) is 0 Å². The molecule has 2 heterocycles. The molecule has 1 unspecified atom stereocenters. The summed E-state index contributed by atoms with van der Waals surface area (Å²) < 4.78 is 2.60. The molecule has 0 aliphatic heterocycles. The van der Waals surface area contributed by atoms with E-state index in [1.807, 2.05) is 32.9 Å². The molecule has 0 aliphatic rings. The third-order valence-electron chi connectivity index (χ3n) is 2.75. The molecule has 18 heavy (non-hydrogen) atoms. The molecule has 0 aromatic carbocycles. The number of aliphatic hydroxyl groups excluding tert-OH is 1. The Kier molecular flexibility index (Phi) is 3.82. The Labute approximate surface area is 115 Å². The van der Waals surface area contributed by atoms with Crippen LogP contribution >= 0.6 is 15.9 Å². The molecule has 0 fully saturated rings. The zero-order valence-electron chi connectivity index (χ0n) is 10.6. The van der Waals surface area contributed by atoms with Crippen molar-refractivity contribution in [1.82, 2.24) is 14.8 Å². The molecule has 96 valence electrons. The van der Waals surface area contributed by atoms with E-state index in [1.54, 1.807) is 17.1 Å². The van der Waals surface area contributed by atoms with E-state index in [0.29, 0.717) is 5.69 Å². The van der Waals surface area contributed by atoms with Crippen LogP contribution in [-0.2, 0) is 0 Å². The fourth-order valence-corrected chi connectivity index (χ4v) is 2.29. The fraction of sp³-hybridized carbons (Fsp3) is 0.385. The van der Waals surface area contributed by atoms with E-state index in [-0.39, 0.29) is 6.04 Å². The van der Waals surface area contributed by atoms with Crippen molar-refractivity contribution in [1.29, 1.82) is 0 Å². The van der Waals surface area contributed by atoms with Crippen molar-refractivity contribution < 1.29 is 5.11 Å². The highest BCUT2D eigenvalue weighted by Crippen LogP contribution is 2.29. The van der Waals surface area contributed by atoms with Crippen molar-refractivity contribution in [2.24, 2.45) is 0 Å². The van der Waals surface area contributed by atoms with Gasteiger partial charge in [0, 0.05) is 12.2 Å². The zero-order valence-corrected chi connectivity index (χ0v) is 12.2. The molecular weight excluding hydrogens is 294 g/mol. The maximum Gasteiger partial charge on any atom is 0.139 e. The van der Waals surface area contributed by atoms with Gasteiger partial charge in [0.2, 0.25) is 0 Å². The lowest BCUT2D eigenvalue weighted by Crippen LogP contribution is -2.13. The second-order valence-corrected chi connectivity index (χ2v) is 5.43. The van der Waals surface area contributed by atoms with Gasteiger partial charge in [-0.2, -0.15) is 5.10 Å². The average molecular weight is 310 g/mol. The van der Waals surface area contributed by atoms with Crippen LogP contribution in [0, 0.1) is 6.92 Å². The molecule has 2 aromatic rings. The molecule has 2 rings (SSSR count). The molecule has 4 nitrogen and oxygen atoms in total. The Morgan fingerprint density at radius 2 is 2.00 bits per heavy atom. The monoisotopic (exact) mass is 309 g/mol. The maximum absolute atomic E-state index is 10.4. The Morgan fingerprint density at radius 1 is 1.28 bits per heavy atom. The molecule has 2 aromatic heterocycles. The first-order chi connectivity index (χ1) is 8.50. The lowest BCUT2D eigenvalue weighted by Gasteiger charge is -2.16. The maximum atomic E-state index is 10.4. The Morgan fingerprint density at radius 3 is 2.56 bits per heavy atom. The summed E-state index contributed by atoms with van der Waals surface area (Å²) in [5.41, 5.74) is 2.44. The average Bonchev–Trinajstić information content (AvgIpc) is 2.71. The van der Waals surface area contributed by atoms with Crippen LogP contribution in [0.4, 0.5) is 0 Å². The van der Waals surface area contributed by atoms with Gasteiger partial charge in [-0.25, -0.2) is 0 Å². The van der Waals surface area contributed by atoms with Gasteiger partial charge in [-0.1, -0.05) is 6.07 Å². The smallest absolute Gasteiger partial charge is 0.139 e. The number of hydrogen-bond acceptors (Lipinski definition) is 3. The summed E-state index contributed by atoms with van der Waals surface area (Å²) in [7, 11) is 0. The van der Waals surface area contributed by atoms with Crippen LogP contribution in [0.15, 0.2) is 29.0 Å².